The number of benzene rings is 1. The third-order valence-corrected chi connectivity index (χ3v) is 5.15. The number of halogens is 4. The highest BCUT2D eigenvalue weighted by Gasteiger charge is 2.30. The van der Waals surface area contributed by atoms with E-state index in [1.54, 1.807) is 29.2 Å². The predicted molar refractivity (Wildman–Crippen MR) is 110 cm³/mol. The summed E-state index contributed by atoms with van der Waals surface area (Å²) in [6.07, 6.45) is -2.45. The Morgan fingerprint density at radius 2 is 2.03 bits per heavy atom. The van der Waals surface area contributed by atoms with Gasteiger partial charge in [0.05, 0.1) is 28.2 Å². The highest BCUT2D eigenvalue weighted by atomic mass is 35.5. The van der Waals surface area contributed by atoms with Crippen molar-refractivity contribution in [3.63, 3.8) is 0 Å². The number of nitrogens with zero attached hydrogens (tertiary/aromatic N) is 4. The number of alkyl halides is 3. The molecule has 7 nitrogen and oxygen atoms in total. The van der Waals surface area contributed by atoms with Crippen LogP contribution in [0, 0.1) is 0 Å². The summed E-state index contributed by atoms with van der Waals surface area (Å²) in [7, 11) is 0. The number of aromatic nitrogens is 3. The first-order chi connectivity index (χ1) is 14.8. The van der Waals surface area contributed by atoms with E-state index in [2.05, 4.69) is 15.4 Å². The number of pyridine rings is 1. The number of ether oxygens (including phenoxy) is 1. The molecule has 0 radical (unpaired) electrons. The topological polar surface area (TPSA) is 72.3 Å². The number of nitrogens with one attached hydrogen (secondary N) is 1. The second-order valence-electron chi connectivity index (χ2n) is 7.07. The van der Waals surface area contributed by atoms with Crippen LogP contribution < -0.4 is 5.32 Å². The van der Waals surface area contributed by atoms with Crippen molar-refractivity contribution in [2.45, 2.75) is 19.1 Å². The Hall–Kier alpha value is -2.85. The lowest BCUT2D eigenvalue weighted by Gasteiger charge is -2.19. The highest BCUT2D eigenvalue weighted by molar-refractivity contribution is 6.33. The van der Waals surface area contributed by atoms with E-state index in [1.807, 2.05) is 0 Å². The Morgan fingerprint density at radius 3 is 2.81 bits per heavy atom. The largest absolute Gasteiger partial charge is 0.408 e. The van der Waals surface area contributed by atoms with Gasteiger partial charge >= 0.3 is 6.18 Å². The maximum absolute atomic E-state index is 13.2. The summed E-state index contributed by atoms with van der Waals surface area (Å²) in [6.45, 7) is 0.569. The fraction of sp³-hybridized carbons (Fsp3) is 0.350. The van der Waals surface area contributed by atoms with Crippen LogP contribution in [0.4, 0.5) is 24.7 Å². The quantitative estimate of drug-likeness (QED) is 0.639. The Labute approximate surface area is 180 Å². The maximum Gasteiger partial charge on any atom is 0.408 e. The molecule has 0 aliphatic carbocycles. The number of rotatable bonds is 4. The maximum atomic E-state index is 13.2. The summed E-state index contributed by atoms with van der Waals surface area (Å²) in [6, 6.07) is 8.16. The second-order valence-corrected chi connectivity index (χ2v) is 7.48. The Morgan fingerprint density at radius 1 is 1.23 bits per heavy atom. The molecule has 0 bridgehead atoms. The van der Waals surface area contributed by atoms with Crippen molar-refractivity contribution in [1.29, 1.82) is 0 Å². The zero-order valence-electron chi connectivity index (χ0n) is 16.3. The van der Waals surface area contributed by atoms with Crippen LogP contribution in [0.2, 0.25) is 5.02 Å². The minimum absolute atomic E-state index is 0.0574. The van der Waals surface area contributed by atoms with Crippen molar-refractivity contribution in [2.24, 2.45) is 0 Å². The molecule has 3 heterocycles. The first kappa shape index (κ1) is 21.4. The van der Waals surface area contributed by atoms with Gasteiger partial charge in [-0.3, -0.25) is 14.5 Å². The van der Waals surface area contributed by atoms with Gasteiger partial charge in [0.25, 0.3) is 5.91 Å². The molecule has 0 spiro atoms. The molecule has 1 N–H and O–H groups in total. The Bertz CT molecular complexity index is 1090. The molecular formula is C20H19ClF3N5O2. The van der Waals surface area contributed by atoms with Crippen molar-refractivity contribution >= 4 is 39.9 Å². The number of amides is 1. The van der Waals surface area contributed by atoms with Crippen LogP contribution in [0.1, 0.15) is 16.9 Å². The molecule has 1 fully saturated rings. The first-order valence-corrected chi connectivity index (χ1v) is 10.0. The Kier molecular flexibility index (Phi) is 6.01. The molecule has 0 atom stereocenters. The van der Waals surface area contributed by atoms with Gasteiger partial charge in [-0.25, -0.2) is 0 Å². The first-order valence-electron chi connectivity index (χ1n) is 9.64. The Balaban J connectivity index is 1.73. The molecule has 1 aromatic carbocycles. The summed E-state index contributed by atoms with van der Waals surface area (Å²) in [5.74, 6) is -0.185. The molecular weight excluding hydrogens is 435 g/mol. The third-order valence-electron chi connectivity index (χ3n) is 4.82. The lowest BCUT2D eigenvalue weighted by atomic mass is 10.2. The van der Waals surface area contributed by atoms with Crippen molar-refractivity contribution < 1.29 is 22.7 Å². The van der Waals surface area contributed by atoms with Gasteiger partial charge in [0.2, 0.25) is 0 Å². The lowest BCUT2D eigenvalue weighted by Crippen LogP contribution is -2.33. The number of para-hydroxylation sites is 1. The van der Waals surface area contributed by atoms with Crippen molar-refractivity contribution in [3.05, 3.63) is 47.2 Å². The monoisotopic (exact) mass is 453 g/mol. The van der Waals surface area contributed by atoms with Crippen LogP contribution in [0.3, 0.4) is 0 Å². The SMILES string of the molecule is O=C(c1cc2c(cn1)c(Nc1ccccc1Cl)nn2CC(F)(F)F)N1CCCOCC1. The minimum atomic E-state index is -4.49. The van der Waals surface area contributed by atoms with Crippen LogP contribution in [-0.4, -0.2) is 58.1 Å². The van der Waals surface area contributed by atoms with Gasteiger partial charge in [-0.1, -0.05) is 23.7 Å². The van der Waals surface area contributed by atoms with Gasteiger partial charge in [-0.05, 0) is 24.6 Å². The fourth-order valence-electron chi connectivity index (χ4n) is 3.37. The van der Waals surface area contributed by atoms with Crippen LogP contribution in [0.15, 0.2) is 36.5 Å². The normalized spacial score (nSPS) is 15.2. The number of fused-ring (bicyclic) bond motifs is 1. The van der Waals surface area contributed by atoms with Gasteiger partial charge in [0.15, 0.2) is 5.82 Å². The van der Waals surface area contributed by atoms with Crippen molar-refractivity contribution in [1.82, 2.24) is 19.7 Å². The zero-order chi connectivity index (χ0) is 22.0. The number of anilines is 2. The standard InChI is InChI=1S/C20H19ClF3N5O2/c21-14-4-1-2-5-15(14)26-18-13-11-25-16(19(30)28-6-3-8-31-9-7-28)10-17(13)29(27-18)12-20(22,23)24/h1-2,4-5,10-11H,3,6-9,12H2,(H,26,27). The molecule has 0 saturated carbocycles. The summed E-state index contributed by atoms with van der Waals surface area (Å²) >= 11 is 6.15. The minimum Gasteiger partial charge on any atom is -0.380 e. The van der Waals surface area contributed by atoms with E-state index in [1.165, 1.54) is 12.3 Å². The molecule has 2 aromatic heterocycles. The van der Waals surface area contributed by atoms with Gasteiger partial charge in [-0.15, -0.1) is 0 Å². The van der Waals surface area contributed by atoms with E-state index < -0.39 is 12.7 Å². The smallest absolute Gasteiger partial charge is 0.380 e. The molecule has 4 rings (SSSR count). The van der Waals surface area contributed by atoms with Gasteiger partial charge < -0.3 is 15.0 Å². The summed E-state index contributed by atoms with van der Waals surface area (Å²) in [5.41, 5.74) is 0.700. The summed E-state index contributed by atoms with van der Waals surface area (Å²) < 4.78 is 45.6. The van der Waals surface area contributed by atoms with Crippen LogP contribution in [-0.2, 0) is 11.3 Å². The molecule has 3 aromatic rings. The lowest BCUT2D eigenvalue weighted by molar-refractivity contribution is -0.141. The molecule has 1 aliphatic rings. The number of hydrogen-bond donors (Lipinski definition) is 1. The van der Waals surface area contributed by atoms with E-state index in [0.29, 0.717) is 48.8 Å². The number of hydrogen-bond acceptors (Lipinski definition) is 5. The average molecular weight is 454 g/mol. The van der Waals surface area contributed by atoms with E-state index in [4.69, 9.17) is 16.3 Å². The molecule has 31 heavy (non-hydrogen) atoms. The van der Waals surface area contributed by atoms with Crippen LogP contribution >= 0.6 is 11.6 Å². The molecule has 1 aliphatic heterocycles. The van der Waals surface area contributed by atoms with E-state index in [0.717, 1.165) is 4.68 Å². The van der Waals surface area contributed by atoms with Gasteiger partial charge in [0.1, 0.15) is 12.2 Å². The van der Waals surface area contributed by atoms with Crippen LogP contribution in [0.5, 0.6) is 0 Å². The highest BCUT2D eigenvalue weighted by Crippen LogP contribution is 2.31. The fourth-order valence-corrected chi connectivity index (χ4v) is 3.55. The van der Waals surface area contributed by atoms with E-state index in [9.17, 15) is 18.0 Å². The van der Waals surface area contributed by atoms with Gasteiger partial charge in [-0.2, -0.15) is 18.3 Å². The zero-order valence-corrected chi connectivity index (χ0v) is 17.1. The molecule has 164 valence electrons. The van der Waals surface area contributed by atoms with E-state index in [-0.39, 0.29) is 22.9 Å². The predicted octanol–water partition coefficient (Wildman–Crippen LogP) is 4.25. The van der Waals surface area contributed by atoms with Crippen LogP contribution in [0.25, 0.3) is 10.9 Å². The van der Waals surface area contributed by atoms with Crippen molar-refractivity contribution in [3.8, 4) is 0 Å². The summed E-state index contributed by atoms with van der Waals surface area (Å²) in [4.78, 5) is 18.7. The summed E-state index contributed by atoms with van der Waals surface area (Å²) in [5, 5.41) is 7.78. The molecule has 1 saturated heterocycles. The third kappa shape index (κ3) is 4.91. The molecule has 11 heteroatoms. The second kappa shape index (κ2) is 8.72. The van der Waals surface area contributed by atoms with Crippen molar-refractivity contribution in [2.75, 3.05) is 31.6 Å². The van der Waals surface area contributed by atoms with Gasteiger partial charge in [0, 0.05) is 25.9 Å². The molecule has 1 amide bonds. The average Bonchev–Trinajstić information content (AvgIpc) is 2.90. The van der Waals surface area contributed by atoms with E-state index >= 15 is 0 Å². The molecule has 0 unspecified atom stereocenters. The number of carbonyl (C=O) groups excluding carboxylic acids is 1. The number of carbonyl (C=O) groups is 1.